The lowest BCUT2D eigenvalue weighted by Gasteiger charge is -2.12. The largest absolute Gasteiger partial charge is 0.481 e. The number of thioether (sulfide) groups is 1. The van der Waals surface area contributed by atoms with Crippen LogP contribution in [0.3, 0.4) is 0 Å². The SMILES string of the molecule is Cn1cc(Cl)c2cc(-c3cc(-c4nc(SCC(=O)O)n[nH]4)cc(N(O)O)c3)ccc21. The van der Waals surface area contributed by atoms with Crippen molar-refractivity contribution in [2.75, 3.05) is 11.0 Å². The summed E-state index contributed by atoms with van der Waals surface area (Å²) in [6, 6.07) is 10.7. The Morgan fingerprint density at radius 3 is 2.70 bits per heavy atom. The van der Waals surface area contributed by atoms with Gasteiger partial charge in [-0.3, -0.25) is 20.3 Å². The quantitative estimate of drug-likeness (QED) is 0.258. The summed E-state index contributed by atoms with van der Waals surface area (Å²) in [6.45, 7) is 0. The minimum absolute atomic E-state index is 0.0253. The van der Waals surface area contributed by atoms with Crippen LogP contribution in [0.4, 0.5) is 5.69 Å². The first-order chi connectivity index (χ1) is 14.3. The number of aryl methyl sites for hydroxylation is 1. The molecule has 2 heterocycles. The van der Waals surface area contributed by atoms with E-state index in [1.807, 2.05) is 42.1 Å². The van der Waals surface area contributed by atoms with E-state index in [0.717, 1.165) is 28.2 Å². The number of carboxylic acids is 1. The fourth-order valence-electron chi connectivity index (χ4n) is 3.12. The molecular formula is C19H16ClN5O4S. The number of carbonyl (C=O) groups is 1. The number of halogens is 1. The maximum atomic E-state index is 10.7. The number of carboxylic acid groups (broad SMARTS) is 1. The molecule has 4 rings (SSSR count). The summed E-state index contributed by atoms with van der Waals surface area (Å²) in [5, 5.41) is 36.5. The lowest BCUT2D eigenvalue weighted by Crippen LogP contribution is -2.11. The zero-order valence-electron chi connectivity index (χ0n) is 15.6. The number of aromatic amines is 1. The van der Waals surface area contributed by atoms with Crippen molar-refractivity contribution in [3.05, 3.63) is 47.6 Å². The summed E-state index contributed by atoms with van der Waals surface area (Å²) in [4.78, 5) is 15.0. The molecule has 11 heteroatoms. The van der Waals surface area contributed by atoms with Crippen LogP contribution in [0.5, 0.6) is 0 Å². The van der Waals surface area contributed by atoms with Gasteiger partial charge in [-0.05, 0) is 41.5 Å². The van der Waals surface area contributed by atoms with E-state index in [9.17, 15) is 15.2 Å². The monoisotopic (exact) mass is 445 g/mol. The van der Waals surface area contributed by atoms with Crippen LogP contribution in [-0.2, 0) is 11.8 Å². The zero-order valence-corrected chi connectivity index (χ0v) is 17.1. The highest BCUT2D eigenvalue weighted by Gasteiger charge is 2.14. The molecular weight excluding hydrogens is 430 g/mol. The molecule has 2 aromatic heterocycles. The molecule has 2 aromatic carbocycles. The fourth-order valence-corrected chi connectivity index (χ4v) is 3.94. The van der Waals surface area contributed by atoms with Crippen molar-refractivity contribution < 1.29 is 20.3 Å². The Bertz CT molecular complexity index is 1250. The van der Waals surface area contributed by atoms with Crippen LogP contribution in [0, 0.1) is 0 Å². The maximum absolute atomic E-state index is 10.7. The standard InChI is InChI=1S/C19H16ClN5O4S/c1-24-8-15(20)14-7-10(2-3-16(14)24)11-4-12(6-13(5-11)25(28)29)18-21-19(23-22-18)30-9-17(26)27/h2-8,28-29H,9H2,1H3,(H,26,27)(H,21,22,23). The van der Waals surface area contributed by atoms with Gasteiger partial charge in [-0.15, -0.1) is 10.3 Å². The first-order valence-electron chi connectivity index (χ1n) is 8.67. The lowest BCUT2D eigenvalue weighted by atomic mass is 10.0. The molecule has 0 radical (unpaired) electrons. The number of rotatable bonds is 6. The van der Waals surface area contributed by atoms with Gasteiger partial charge in [0.1, 0.15) is 0 Å². The Morgan fingerprint density at radius 1 is 1.20 bits per heavy atom. The van der Waals surface area contributed by atoms with Crippen molar-refractivity contribution in [1.29, 1.82) is 0 Å². The molecule has 0 amide bonds. The van der Waals surface area contributed by atoms with Crippen LogP contribution in [0.25, 0.3) is 33.4 Å². The van der Waals surface area contributed by atoms with Gasteiger partial charge in [0.25, 0.3) is 0 Å². The van der Waals surface area contributed by atoms with E-state index in [0.29, 0.717) is 22.0 Å². The molecule has 0 fully saturated rings. The second-order valence-corrected chi connectivity index (χ2v) is 7.88. The Morgan fingerprint density at radius 2 is 1.97 bits per heavy atom. The third kappa shape index (κ3) is 3.98. The Hall–Kier alpha value is -3.05. The van der Waals surface area contributed by atoms with Gasteiger partial charge in [0.2, 0.25) is 5.16 Å². The highest BCUT2D eigenvalue weighted by Crippen LogP contribution is 2.34. The smallest absolute Gasteiger partial charge is 0.313 e. The van der Waals surface area contributed by atoms with Gasteiger partial charge >= 0.3 is 5.97 Å². The first-order valence-corrected chi connectivity index (χ1v) is 10.0. The summed E-state index contributed by atoms with van der Waals surface area (Å²) in [5.41, 5.74) is 3.16. The van der Waals surface area contributed by atoms with E-state index in [2.05, 4.69) is 15.2 Å². The maximum Gasteiger partial charge on any atom is 0.313 e. The fraction of sp³-hybridized carbons (Fsp3) is 0.105. The topological polar surface area (TPSA) is 128 Å². The Kier molecular flexibility index (Phi) is 5.39. The van der Waals surface area contributed by atoms with Gasteiger partial charge in [0.05, 0.1) is 16.5 Å². The van der Waals surface area contributed by atoms with Crippen molar-refractivity contribution in [3.63, 3.8) is 0 Å². The average molecular weight is 446 g/mol. The number of hydrogen-bond donors (Lipinski definition) is 4. The van der Waals surface area contributed by atoms with Crippen LogP contribution in [0.1, 0.15) is 0 Å². The van der Waals surface area contributed by atoms with Gasteiger partial charge in [-0.1, -0.05) is 29.4 Å². The number of H-pyrrole nitrogens is 1. The number of anilines is 1. The van der Waals surface area contributed by atoms with Gasteiger partial charge < -0.3 is 9.67 Å². The van der Waals surface area contributed by atoms with Crippen LogP contribution >= 0.6 is 23.4 Å². The van der Waals surface area contributed by atoms with Crippen molar-refractivity contribution in [2.45, 2.75) is 5.16 Å². The molecule has 30 heavy (non-hydrogen) atoms. The third-order valence-electron chi connectivity index (χ3n) is 4.49. The van der Waals surface area contributed by atoms with E-state index in [-0.39, 0.29) is 21.8 Å². The van der Waals surface area contributed by atoms with Crippen molar-refractivity contribution in [2.24, 2.45) is 7.05 Å². The summed E-state index contributed by atoms with van der Waals surface area (Å²) < 4.78 is 1.93. The van der Waals surface area contributed by atoms with Crippen molar-refractivity contribution in [1.82, 2.24) is 19.7 Å². The number of hydrogen-bond acceptors (Lipinski definition) is 7. The highest BCUT2D eigenvalue weighted by atomic mass is 35.5. The number of aromatic nitrogens is 4. The summed E-state index contributed by atoms with van der Waals surface area (Å²) in [7, 11) is 1.91. The van der Waals surface area contributed by atoms with Gasteiger partial charge in [-0.2, -0.15) is 0 Å². The van der Waals surface area contributed by atoms with Gasteiger partial charge in [0, 0.05) is 29.7 Å². The number of nitrogens with one attached hydrogen (secondary N) is 1. The van der Waals surface area contributed by atoms with Gasteiger partial charge in [-0.25, -0.2) is 4.98 Å². The molecule has 0 spiro atoms. The normalized spacial score (nSPS) is 11.2. The third-order valence-corrected chi connectivity index (χ3v) is 5.62. The van der Waals surface area contributed by atoms with Crippen molar-refractivity contribution >= 4 is 45.9 Å². The molecule has 0 saturated heterocycles. The van der Waals surface area contributed by atoms with E-state index in [4.69, 9.17) is 16.7 Å². The van der Waals surface area contributed by atoms with Crippen LogP contribution < -0.4 is 5.23 Å². The predicted molar refractivity (Wildman–Crippen MR) is 113 cm³/mol. The van der Waals surface area contributed by atoms with Crippen LogP contribution in [-0.4, -0.2) is 47.0 Å². The van der Waals surface area contributed by atoms with Crippen LogP contribution in [0.15, 0.2) is 47.8 Å². The molecule has 0 aliphatic rings. The molecule has 0 unspecified atom stereocenters. The summed E-state index contributed by atoms with van der Waals surface area (Å²) in [6.07, 6.45) is 1.83. The molecule has 9 nitrogen and oxygen atoms in total. The Labute approximate surface area is 179 Å². The van der Waals surface area contributed by atoms with Crippen LogP contribution in [0.2, 0.25) is 5.02 Å². The van der Waals surface area contributed by atoms with Gasteiger partial charge in [0.15, 0.2) is 5.82 Å². The van der Waals surface area contributed by atoms with E-state index in [1.165, 1.54) is 6.07 Å². The predicted octanol–water partition coefficient (Wildman–Crippen LogP) is 4.05. The number of fused-ring (bicyclic) bond motifs is 1. The molecule has 4 aromatic rings. The van der Waals surface area contributed by atoms with E-state index in [1.54, 1.807) is 6.07 Å². The second kappa shape index (κ2) is 8.00. The highest BCUT2D eigenvalue weighted by molar-refractivity contribution is 7.99. The summed E-state index contributed by atoms with van der Waals surface area (Å²) >= 11 is 7.31. The lowest BCUT2D eigenvalue weighted by molar-refractivity contribution is -0.133. The molecule has 0 aliphatic heterocycles. The zero-order chi connectivity index (χ0) is 21.4. The summed E-state index contributed by atoms with van der Waals surface area (Å²) in [5.74, 6) is -0.768. The molecule has 0 atom stereocenters. The molecule has 0 aliphatic carbocycles. The van der Waals surface area contributed by atoms with E-state index >= 15 is 0 Å². The molecule has 0 bridgehead atoms. The van der Waals surface area contributed by atoms with Crippen molar-refractivity contribution in [3.8, 4) is 22.5 Å². The minimum atomic E-state index is -0.971. The Balaban J connectivity index is 1.77. The van der Waals surface area contributed by atoms with E-state index < -0.39 is 5.97 Å². The number of aliphatic carboxylic acids is 1. The molecule has 154 valence electrons. The number of nitrogens with zero attached hydrogens (tertiary/aromatic N) is 4. The average Bonchev–Trinajstić information content (AvgIpc) is 3.30. The minimum Gasteiger partial charge on any atom is -0.481 e. The second-order valence-electron chi connectivity index (χ2n) is 6.53. The molecule has 4 N–H and O–H groups in total. The molecule has 0 saturated carbocycles. The first kappa shape index (κ1) is 20.2. The number of benzene rings is 2.